The van der Waals surface area contributed by atoms with E-state index in [0.29, 0.717) is 12.2 Å². The van der Waals surface area contributed by atoms with Gasteiger partial charge in [0.05, 0.1) is 5.69 Å². The van der Waals surface area contributed by atoms with Gasteiger partial charge in [-0.1, -0.05) is 6.92 Å². The summed E-state index contributed by atoms with van der Waals surface area (Å²) in [6.45, 7) is 2.69. The number of furan rings is 1. The van der Waals surface area contributed by atoms with Gasteiger partial charge in [-0.05, 0) is 24.6 Å². The predicted octanol–water partition coefficient (Wildman–Crippen LogP) is 1.67. The standard InChI is InChI=1S/C12H14N2O4/c1-2-7-14-8(5-6-13-14)11(15)9-3-4-10(18-9)12(16)17/h3-6,11,15H,2,7H2,1H3,(H,16,17). The SMILES string of the molecule is CCCn1nccc1C(O)c1ccc(C(=O)O)o1. The highest BCUT2D eigenvalue weighted by Gasteiger charge is 2.20. The van der Waals surface area contributed by atoms with E-state index in [0.717, 1.165) is 6.42 Å². The van der Waals surface area contributed by atoms with Crippen LogP contribution in [0.1, 0.15) is 41.5 Å². The molecule has 2 N–H and O–H groups in total. The zero-order chi connectivity index (χ0) is 13.1. The largest absolute Gasteiger partial charge is 0.475 e. The molecule has 0 spiro atoms. The van der Waals surface area contributed by atoms with E-state index in [4.69, 9.17) is 9.52 Å². The van der Waals surface area contributed by atoms with E-state index in [1.165, 1.54) is 12.1 Å². The van der Waals surface area contributed by atoms with E-state index in [1.807, 2.05) is 6.92 Å². The second-order valence-electron chi connectivity index (χ2n) is 3.89. The minimum Gasteiger partial charge on any atom is -0.475 e. The van der Waals surface area contributed by atoms with Crippen molar-refractivity contribution < 1.29 is 19.4 Å². The maximum Gasteiger partial charge on any atom is 0.371 e. The van der Waals surface area contributed by atoms with Gasteiger partial charge in [0.1, 0.15) is 5.76 Å². The Morgan fingerprint density at radius 2 is 2.28 bits per heavy atom. The number of aliphatic hydroxyl groups excluding tert-OH is 1. The van der Waals surface area contributed by atoms with Crippen LogP contribution in [0.25, 0.3) is 0 Å². The second-order valence-corrected chi connectivity index (χ2v) is 3.89. The minimum atomic E-state index is -1.16. The summed E-state index contributed by atoms with van der Waals surface area (Å²) in [5.41, 5.74) is 0.586. The number of rotatable bonds is 5. The minimum absolute atomic E-state index is 0.189. The summed E-state index contributed by atoms with van der Waals surface area (Å²) in [7, 11) is 0. The fraction of sp³-hybridized carbons (Fsp3) is 0.333. The summed E-state index contributed by atoms with van der Waals surface area (Å²) < 4.78 is 6.75. The van der Waals surface area contributed by atoms with Crippen LogP contribution in [0.15, 0.2) is 28.8 Å². The topological polar surface area (TPSA) is 88.5 Å². The van der Waals surface area contributed by atoms with E-state index >= 15 is 0 Å². The lowest BCUT2D eigenvalue weighted by atomic mass is 10.2. The van der Waals surface area contributed by atoms with Crippen molar-refractivity contribution in [2.24, 2.45) is 0 Å². The third kappa shape index (κ3) is 2.28. The van der Waals surface area contributed by atoms with Crippen LogP contribution in [0.2, 0.25) is 0 Å². The molecule has 0 saturated carbocycles. The summed E-state index contributed by atoms with van der Waals surface area (Å²) in [4.78, 5) is 10.7. The summed E-state index contributed by atoms with van der Waals surface area (Å²) >= 11 is 0. The molecular formula is C12H14N2O4. The number of aromatic carboxylic acids is 1. The molecule has 6 heteroatoms. The van der Waals surface area contributed by atoms with Crippen molar-refractivity contribution in [2.75, 3.05) is 0 Å². The molecule has 6 nitrogen and oxygen atoms in total. The highest BCUT2D eigenvalue weighted by molar-refractivity contribution is 5.84. The van der Waals surface area contributed by atoms with E-state index in [-0.39, 0.29) is 11.5 Å². The van der Waals surface area contributed by atoms with Crippen molar-refractivity contribution in [3.8, 4) is 0 Å². The van der Waals surface area contributed by atoms with E-state index in [1.54, 1.807) is 16.9 Å². The molecular weight excluding hydrogens is 236 g/mol. The maximum atomic E-state index is 10.7. The lowest BCUT2D eigenvalue weighted by molar-refractivity contribution is 0.0654. The molecule has 2 aromatic heterocycles. The summed E-state index contributed by atoms with van der Waals surface area (Å²) in [6, 6.07) is 4.46. The van der Waals surface area contributed by atoms with Gasteiger partial charge in [-0.25, -0.2) is 4.79 Å². The van der Waals surface area contributed by atoms with E-state index in [2.05, 4.69) is 5.10 Å². The Hall–Kier alpha value is -2.08. The molecule has 1 unspecified atom stereocenters. The molecule has 0 aliphatic rings. The Labute approximate surface area is 103 Å². The van der Waals surface area contributed by atoms with Crippen LogP contribution >= 0.6 is 0 Å². The van der Waals surface area contributed by atoms with Gasteiger partial charge in [0, 0.05) is 12.7 Å². The molecule has 1 atom stereocenters. The van der Waals surface area contributed by atoms with Crippen LogP contribution < -0.4 is 0 Å². The smallest absolute Gasteiger partial charge is 0.371 e. The van der Waals surface area contributed by atoms with Crippen molar-refractivity contribution in [3.05, 3.63) is 41.6 Å². The summed E-state index contributed by atoms with van der Waals surface area (Å²) in [6.07, 6.45) is 1.47. The molecule has 0 radical (unpaired) electrons. The van der Waals surface area contributed by atoms with Gasteiger partial charge < -0.3 is 14.6 Å². The normalized spacial score (nSPS) is 12.6. The third-order valence-electron chi connectivity index (χ3n) is 2.57. The Morgan fingerprint density at radius 1 is 1.50 bits per heavy atom. The number of hydrogen-bond donors (Lipinski definition) is 2. The van der Waals surface area contributed by atoms with Gasteiger partial charge in [-0.2, -0.15) is 5.10 Å². The number of carboxylic acids is 1. The molecule has 0 aliphatic carbocycles. The zero-order valence-corrected chi connectivity index (χ0v) is 9.91. The number of carbonyl (C=O) groups is 1. The van der Waals surface area contributed by atoms with Gasteiger partial charge >= 0.3 is 5.97 Å². The maximum absolute atomic E-state index is 10.7. The molecule has 2 aromatic rings. The van der Waals surface area contributed by atoms with E-state index < -0.39 is 12.1 Å². The first-order valence-electron chi connectivity index (χ1n) is 5.66. The average molecular weight is 250 g/mol. The lowest BCUT2D eigenvalue weighted by Gasteiger charge is -2.10. The van der Waals surface area contributed by atoms with Gasteiger partial charge in [-0.15, -0.1) is 0 Å². The number of hydrogen-bond acceptors (Lipinski definition) is 4. The van der Waals surface area contributed by atoms with Crippen LogP contribution in [-0.4, -0.2) is 26.0 Å². The Bertz CT molecular complexity index is 544. The van der Waals surface area contributed by atoms with E-state index in [9.17, 15) is 9.90 Å². The summed E-state index contributed by atoms with van der Waals surface area (Å²) in [5.74, 6) is -1.15. The number of aryl methyl sites for hydroxylation is 1. The predicted molar refractivity (Wildman–Crippen MR) is 62.2 cm³/mol. The number of carboxylic acid groups (broad SMARTS) is 1. The lowest BCUT2D eigenvalue weighted by Crippen LogP contribution is -2.09. The van der Waals surface area contributed by atoms with Crippen LogP contribution in [0.4, 0.5) is 0 Å². The molecule has 0 aliphatic heterocycles. The molecule has 2 heterocycles. The zero-order valence-electron chi connectivity index (χ0n) is 9.91. The van der Waals surface area contributed by atoms with Crippen LogP contribution in [0.3, 0.4) is 0 Å². The first kappa shape index (κ1) is 12.4. The summed E-state index contributed by atoms with van der Waals surface area (Å²) in [5, 5.41) is 23.0. The van der Waals surface area contributed by atoms with Crippen LogP contribution in [-0.2, 0) is 6.54 Å². The highest BCUT2D eigenvalue weighted by atomic mass is 16.4. The van der Waals surface area contributed by atoms with Crippen molar-refractivity contribution in [1.29, 1.82) is 0 Å². The van der Waals surface area contributed by atoms with Crippen LogP contribution in [0.5, 0.6) is 0 Å². The number of nitrogens with zero attached hydrogens (tertiary/aromatic N) is 2. The van der Waals surface area contributed by atoms with Crippen molar-refractivity contribution in [2.45, 2.75) is 26.0 Å². The Kier molecular flexibility index (Phi) is 3.47. The molecule has 0 amide bonds. The highest BCUT2D eigenvalue weighted by Crippen LogP contribution is 2.23. The van der Waals surface area contributed by atoms with Crippen molar-refractivity contribution >= 4 is 5.97 Å². The Morgan fingerprint density at radius 3 is 2.89 bits per heavy atom. The third-order valence-corrected chi connectivity index (χ3v) is 2.57. The molecule has 18 heavy (non-hydrogen) atoms. The van der Waals surface area contributed by atoms with Crippen LogP contribution in [0, 0.1) is 0 Å². The van der Waals surface area contributed by atoms with Gasteiger partial charge in [0.25, 0.3) is 0 Å². The van der Waals surface area contributed by atoms with Gasteiger partial charge in [-0.3, -0.25) is 4.68 Å². The molecule has 0 bridgehead atoms. The first-order valence-corrected chi connectivity index (χ1v) is 5.66. The second kappa shape index (κ2) is 5.05. The quantitative estimate of drug-likeness (QED) is 0.842. The molecule has 0 aromatic carbocycles. The molecule has 96 valence electrons. The molecule has 0 fully saturated rings. The first-order chi connectivity index (χ1) is 8.63. The molecule has 2 rings (SSSR count). The monoisotopic (exact) mass is 250 g/mol. The average Bonchev–Trinajstić information content (AvgIpc) is 2.97. The molecule has 0 saturated heterocycles. The van der Waals surface area contributed by atoms with Crippen molar-refractivity contribution in [3.63, 3.8) is 0 Å². The number of aliphatic hydroxyl groups is 1. The van der Waals surface area contributed by atoms with Gasteiger partial charge in [0.2, 0.25) is 5.76 Å². The van der Waals surface area contributed by atoms with Gasteiger partial charge in [0.15, 0.2) is 6.10 Å². The Balaban J connectivity index is 2.26. The van der Waals surface area contributed by atoms with Crippen molar-refractivity contribution in [1.82, 2.24) is 9.78 Å². The fourth-order valence-electron chi connectivity index (χ4n) is 1.73. The fourth-order valence-corrected chi connectivity index (χ4v) is 1.73. The number of aromatic nitrogens is 2.